The summed E-state index contributed by atoms with van der Waals surface area (Å²) in [5.74, 6) is 1.76. The monoisotopic (exact) mass is 266 g/mol. The van der Waals surface area contributed by atoms with E-state index in [-0.39, 0.29) is 0 Å². The Balaban J connectivity index is 1.86. The number of nitrogens with zero attached hydrogens (tertiary/aromatic N) is 3. The molecule has 2 aromatic rings. The smallest absolute Gasteiger partial charge is 0.204 e. The van der Waals surface area contributed by atoms with Gasteiger partial charge in [0.2, 0.25) is 5.95 Å². The summed E-state index contributed by atoms with van der Waals surface area (Å²) in [6.07, 6.45) is 1.95. The van der Waals surface area contributed by atoms with Crippen LogP contribution in [0.3, 0.4) is 0 Å². The number of nitrogens with one attached hydrogen (secondary N) is 1. The van der Waals surface area contributed by atoms with Crippen LogP contribution in [0.1, 0.15) is 17.7 Å². The zero-order valence-corrected chi connectivity index (χ0v) is 11.0. The summed E-state index contributed by atoms with van der Waals surface area (Å²) in [6, 6.07) is 8.36. The highest BCUT2D eigenvalue weighted by Crippen LogP contribution is 2.33. The molecule has 0 radical (unpaired) electrons. The van der Waals surface area contributed by atoms with Gasteiger partial charge in [0.15, 0.2) is 0 Å². The number of imidazole rings is 1. The van der Waals surface area contributed by atoms with Crippen molar-refractivity contribution in [2.75, 3.05) is 18.5 Å². The number of aromatic nitrogens is 2. The maximum absolute atomic E-state index is 9.45. The molecule has 2 aliphatic heterocycles. The molecule has 0 amide bonds. The van der Waals surface area contributed by atoms with Crippen LogP contribution < -0.4 is 10.1 Å². The fourth-order valence-corrected chi connectivity index (χ4v) is 2.89. The van der Waals surface area contributed by atoms with Crippen LogP contribution in [0.5, 0.6) is 5.75 Å². The summed E-state index contributed by atoms with van der Waals surface area (Å²) in [5.41, 5.74) is 3.61. The molecule has 20 heavy (non-hydrogen) atoms. The molecule has 2 aliphatic rings. The molecule has 0 fully saturated rings. The summed E-state index contributed by atoms with van der Waals surface area (Å²) in [6.45, 7) is 2.51. The Bertz CT molecular complexity index is 726. The Kier molecular flexibility index (Phi) is 2.43. The lowest BCUT2D eigenvalue weighted by Gasteiger charge is -2.15. The van der Waals surface area contributed by atoms with Crippen LogP contribution in [0.4, 0.5) is 5.95 Å². The van der Waals surface area contributed by atoms with Crippen molar-refractivity contribution in [3.8, 4) is 23.1 Å². The van der Waals surface area contributed by atoms with Gasteiger partial charge in [-0.1, -0.05) is 0 Å². The lowest BCUT2D eigenvalue weighted by atomic mass is 10.1. The molecule has 0 bridgehead atoms. The van der Waals surface area contributed by atoms with E-state index >= 15 is 0 Å². The Hall–Kier alpha value is -2.48. The molecule has 0 unspecified atom stereocenters. The fraction of sp³-hybridized carbons (Fsp3) is 0.333. The van der Waals surface area contributed by atoms with Crippen molar-refractivity contribution in [1.29, 1.82) is 5.26 Å². The van der Waals surface area contributed by atoms with Gasteiger partial charge in [0.25, 0.3) is 0 Å². The number of benzene rings is 1. The highest BCUT2D eigenvalue weighted by molar-refractivity contribution is 5.70. The van der Waals surface area contributed by atoms with E-state index < -0.39 is 0 Å². The molecule has 3 heterocycles. The third kappa shape index (κ3) is 1.58. The van der Waals surface area contributed by atoms with E-state index in [1.165, 1.54) is 5.56 Å². The topological polar surface area (TPSA) is 62.9 Å². The number of hydrogen-bond acceptors (Lipinski definition) is 4. The first-order valence-corrected chi connectivity index (χ1v) is 6.87. The predicted molar refractivity (Wildman–Crippen MR) is 74.7 cm³/mol. The zero-order chi connectivity index (χ0) is 13.5. The van der Waals surface area contributed by atoms with E-state index in [0.29, 0.717) is 5.69 Å². The lowest BCUT2D eigenvalue weighted by Crippen LogP contribution is -2.18. The first-order chi connectivity index (χ1) is 9.86. The van der Waals surface area contributed by atoms with Gasteiger partial charge >= 0.3 is 0 Å². The summed E-state index contributed by atoms with van der Waals surface area (Å²) in [4.78, 5) is 4.61. The van der Waals surface area contributed by atoms with E-state index in [2.05, 4.69) is 22.4 Å². The Labute approximate surface area is 116 Å². The maximum atomic E-state index is 9.45. The van der Waals surface area contributed by atoms with Crippen LogP contribution in [0.25, 0.3) is 11.3 Å². The van der Waals surface area contributed by atoms with Crippen molar-refractivity contribution in [3.05, 3.63) is 29.5 Å². The second kappa shape index (κ2) is 4.27. The summed E-state index contributed by atoms with van der Waals surface area (Å²) >= 11 is 0. The van der Waals surface area contributed by atoms with Crippen molar-refractivity contribution >= 4 is 5.95 Å². The van der Waals surface area contributed by atoms with Crippen molar-refractivity contribution in [2.24, 2.45) is 0 Å². The average Bonchev–Trinajstić information content (AvgIpc) is 3.10. The van der Waals surface area contributed by atoms with Crippen molar-refractivity contribution < 1.29 is 4.74 Å². The van der Waals surface area contributed by atoms with Gasteiger partial charge in [0, 0.05) is 25.1 Å². The van der Waals surface area contributed by atoms with E-state index in [1.807, 2.05) is 16.7 Å². The molecular formula is C15H14N4O. The Morgan fingerprint density at radius 3 is 3.25 bits per heavy atom. The van der Waals surface area contributed by atoms with Crippen LogP contribution >= 0.6 is 0 Å². The van der Waals surface area contributed by atoms with Crippen LogP contribution in [0, 0.1) is 11.3 Å². The molecule has 1 N–H and O–H groups in total. The van der Waals surface area contributed by atoms with E-state index in [9.17, 15) is 5.26 Å². The molecule has 5 nitrogen and oxygen atoms in total. The number of rotatable bonds is 1. The van der Waals surface area contributed by atoms with E-state index in [1.54, 1.807) is 0 Å². The molecule has 0 aliphatic carbocycles. The molecule has 5 heteroatoms. The van der Waals surface area contributed by atoms with Gasteiger partial charge < -0.3 is 14.6 Å². The highest BCUT2D eigenvalue weighted by atomic mass is 16.5. The molecule has 0 saturated carbocycles. The molecule has 1 aromatic heterocycles. The second-order valence-corrected chi connectivity index (χ2v) is 5.10. The zero-order valence-electron chi connectivity index (χ0n) is 11.0. The molecule has 100 valence electrons. The van der Waals surface area contributed by atoms with Crippen LogP contribution in [-0.4, -0.2) is 22.7 Å². The quantitative estimate of drug-likeness (QED) is 0.859. The van der Waals surface area contributed by atoms with Gasteiger partial charge in [-0.2, -0.15) is 5.26 Å². The normalized spacial score (nSPS) is 15.8. The standard InChI is InChI=1S/C15H14N4O/c16-9-12-14(18-15-17-5-1-6-19(12)15)11-2-3-13-10(8-11)4-7-20-13/h2-3,8H,1,4-7H2,(H,17,18). The summed E-state index contributed by atoms with van der Waals surface area (Å²) in [7, 11) is 0. The molecule has 0 atom stereocenters. The minimum absolute atomic E-state index is 0.645. The summed E-state index contributed by atoms with van der Waals surface area (Å²) in [5, 5.41) is 12.7. The maximum Gasteiger partial charge on any atom is 0.204 e. The third-order valence-electron chi connectivity index (χ3n) is 3.88. The van der Waals surface area contributed by atoms with Crippen LogP contribution in [-0.2, 0) is 13.0 Å². The number of ether oxygens (including phenoxy) is 1. The molecule has 0 saturated heterocycles. The molecular weight excluding hydrogens is 252 g/mol. The third-order valence-corrected chi connectivity index (χ3v) is 3.88. The van der Waals surface area contributed by atoms with E-state index in [4.69, 9.17) is 4.74 Å². The van der Waals surface area contributed by atoms with Crippen molar-refractivity contribution in [3.63, 3.8) is 0 Å². The van der Waals surface area contributed by atoms with Crippen LogP contribution in [0.2, 0.25) is 0 Å². The minimum Gasteiger partial charge on any atom is -0.493 e. The Morgan fingerprint density at radius 2 is 2.35 bits per heavy atom. The average molecular weight is 266 g/mol. The molecule has 1 aromatic carbocycles. The number of fused-ring (bicyclic) bond motifs is 2. The largest absolute Gasteiger partial charge is 0.493 e. The van der Waals surface area contributed by atoms with Gasteiger partial charge in [0.05, 0.1) is 6.61 Å². The molecule has 0 spiro atoms. The first kappa shape index (κ1) is 11.4. The van der Waals surface area contributed by atoms with Gasteiger partial charge in [-0.25, -0.2) is 4.98 Å². The Morgan fingerprint density at radius 1 is 1.40 bits per heavy atom. The summed E-state index contributed by atoms with van der Waals surface area (Å²) < 4.78 is 7.50. The predicted octanol–water partition coefficient (Wildman–Crippen LogP) is 2.17. The van der Waals surface area contributed by atoms with Gasteiger partial charge in [-0.15, -0.1) is 0 Å². The SMILES string of the molecule is N#Cc1c(-c2ccc3c(c2)CCO3)nc2n1CCCN2. The molecule has 4 rings (SSSR count). The highest BCUT2D eigenvalue weighted by Gasteiger charge is 2.22. The fourth-order valence-electron chi connectivity index (χ4n) is 2.89. The number of anilines is 1. The van der Waals surface area contributed by atoms with Crippen molar-refractivity contribution in [2.45, 2.75) is 19.4 Å². The van der Waals surface area contributed by atoms with Gasteiger partial charge in [0.1, 0.15) is 23.2 Å². The lowest BCUT2D eigenvalue weighted by molar-refractivity contribution is 0.357. The first-order valence-electron chi connectivity index (χ1n) is 6.87. The van der Waals surface area contributed by atoms with Gasteiger partial charge in [-0.3, -0.25) is 0 Å². The van der Waals surface area contributed by atoms with Crippen LogP contribution in [0.15, 0.2) is 18.2 Å². The van der Waals surface area contributed by atoms with Crippen molar-refractivity contribution in [1.82, 2.24) is 9.55 Å². The number of hydrogen-bond donors (Lipinski definition) is 1. The van der Waals surface area contributed by atoms with E-state index in [0.717, 1.165) is 55.5 Å². The second-order valence-electron chi connectivity index (χ2n) is 5.10. The van der Waals surface area contributed by atoms with Gasteiger partial charge in [-0.05, 0) is 30.2 Å². The number of nitriles is 1. The minimum atomic E-state index is 0.645.